The highest BCUT2D eigenvalue weighted by Crippen LogP contribution is 2.18. The van der Waals surface area contributed by atoms with E-state index in [0.29, 0.717) is 6.54 Å². The van der Waals surface area contributed by atoms with Gasteiger partial charge in [0, 0.05) is 13.2 Å². The van der Waals surface area contributed by atoms with Crippen molar-refractivity contribution in [2.45, 2.75) is 25.4 Å². The second-order valence-corrected chi connectivity index (χ2v) is 5.46. The molecule has 2 N–H and O–H groups in total. The van der Waals surface area contributed by atoms with Crippen LogP contribution < -0.4 is 10.6 Å². The number of halogens is 2. The van der Waals surface area contributed by atoms with E-state index in [0.717, 1.165) is 31.9 Å². The van der Waals surface area contributed by atoms with Crippen molar-refractivity contribution >= 4 is 23.4 Å². The second kappa shape index (κ2) is 8.10. The quantitative estimate of drug-likeness (QED) is 0.838. The van der Waals surface area contributed by atoms with Crippen LogP contribution in [0.3, 0.4) is 0 Å². The zero-order valence-electron chi connectivity index (χ0n) is 12.0. The van der Waals surface area contributed by atoms with Crippen LogP contribution in [0.4, 0.5) is 4.39 Å². The van der Waals surface area contributed by atoms with Crippen molar-refractivity contribution in [2.75, 3.05) is 19.7 Å². The minimum atomic E-state index is -0.719. The zero-order chi connectivity index (χ0) is 15.9. The summed E-state index contributed by atoms with van der Waals surface area (Å²) in [6, 6.07) is 3.97. The summed E-state index contributed by atoms with van der Waals surface area (Å²) in [5.41, 5.74) is -0.253. The summed E-state index contributed by atoms with van der Waals surface area (Å²) in [6.45, 7) is 1.03. The van der Waals surface area contributed by atoms with Gasteiger partial charge in [0.05, 0.1) is 23.2 Å². The summed E-state index contributed by atoms with van der Waals surface area (Å²) in [7, 11) is 0. The van der Waals surface area contributed by atoms with Gasteiger partial charge in [0.1, 0.15) is 5.82 Å². The van der Waals surface area contributed by atoms with Crippen molar-refractivity contribution in [3.8, 4) is 0 Å². The Morgan fingerprint density at radius 3 is 2.86 bits per heavy atom. The van der Waals surface area contributed by atoms with Crippen LogP contribution in [0.15, 0.2) is 18.2 Å². The third-order valence-electron chi connectivity index (χ3n) is 3.41. The first-order valence-corrected chi connectivity index (χ1v) is 7.56. The summed E-state index contributed by atoms with van der Waals surface area (Å²) in [6.07, 6.45) is 3.02. The number of carbonyl (C=O) groups excluding carboxylic acids is 2. The molecule has 0 spiro atoms. The Morgan fingerprint density at radius 2 is 2.18 bits per heavy atom. The summed E-state index contributed by atoms with van der Waals surface area (Å²) in [5, 5.41) is 5.05. The van der Waals surface area contributed by atoms with E-state index >= 15 is 0 Å². The van der Waals surface area contributed by atoms with Crippen LogP contribution in [-0.2, 0) is 9.53 Å². The molecule has 1 unspecified atom stereocenters. The molecule has 1 atom stereocenters. The molecule has 0 saturated carbocycles. The molecule has 2 amide bonds. The molecule has 22 heavy (non-hydrogen) atoms. The Bertz CT molecular complexity index is 527. The summed E-state index contributed by atoms with van der Waals surface area (Å²) in [5.74, 6) is -1.76. The van der Waals surface area contributed by atoms with Crippen LogP contribution in [0.2, 0.25) is 5.02 Å². The van der Waals surface area contributed by atoms with Gasteiger partial charge in [-0.1, -0.05) is 17.7 Å². The summed E-state index contributed by atoms with van der Waals surface area (Å²) >= 11 is 5.78. The number of nitrogens with one attached hydrogen (secondary N) is 2. The Kier molecular flexibility index (Phi) is 6.15. The van der Waals surface area contributed by atoms with Gasteiger partial charge in [0.25, 0.3) is 5.91 Å². The minimum absolute atomic E-state index is 0.0105. The van der Waals surface area contributed by atoms with E-state index in [-0.39, 0.29) is 29.1 Å². The first kappa shape index (κ1) is 16.7. The summed E-state index contributed by atoms with van der Waals surface area (Å²) < 4.78 is 19.0. The zero-order valence-corrected chi connectivity index (χ0v) is 12.8. The smallest absolute Gasteiger partial charge is 0.256 e. The van der Waals surface area contributed by atoms with Crippen LogP contribution in [-0.4, -0.2) is 37.6 Å². The van der Waals surface area contributed by atoms with Gasteiger partial charge in [-0.2, -0.15) is 0 Å². The van der Waals surface area contributed by atoms with Crippen molar-refractivity contribution < 1.29 is 18.7 Å². The molecule has 0 aliphatic carbocycles. The number of hydrogen-bond donors (Lipinski definition) is 2. The Balaban J connectivity index is 1.72. The molecule has 7 heteroatoms. The molecule has 1 aliphatic rings. The topological polar surface area (TPSA) is 67.4 Å². The van der Waals surface area contributed by atoms with E-state index in [1.54, 1.807) is 0 Å². The average Bonchev–Trinajstić information content (AvgIpc) is 2.98. The molecular formula is C15H18ClFN2O3. The van der Waals surface area contributed by atoms with E-state index in [1.165, 1.54) is 12.1 Å². The highest BCUT2D eigenvalue weighted by atomic mass is 35.5. The molecule has 2 rings (SSSR count). The van der Waals surface area contributed by atoms with E-state index < -0.39 is 11.7 Å². The molecule has 1 heterocycles. The SMILES string of the molecule is O=C(CNC(=O)c1c(F)cccc1Cl)NCCC1CCCO1. The molecule has 5 nitrogen and oxygen atoms in total. The van der Waals surface area contributed by atoms with Gasteiger partial charge < -0.3 is 15.4 Å². The monoisotopic (exact) mass is 328 g/mol. The second-order valence-electron chi connectivity index (χ2n) is 5.05. The molecule has 1 fully saturated rings. The van der Waals surface area contributed by atoms with Crippen LogP contribution in [0.5, 0.6) is 0 Å². The van der Waals surface area contributed by atoms with Crippen molar-refractivity contribution in [2.24, 2.45) is 0 Å². The molecule has 120 valence electrons. The third-order valence-corrected chi connectivity index (χ3v) is 3.73. The van der Waals surface area contributed by atoms with Crippen molar-refractivity contribution in [3.05, 3.63) is 34.6 Å². The van der Waals surface area contributed by atoms with Gasteiger partial charge in [-0.15, -0.1) is 0 Å². The highest BCUT2D eigenvalue weighted by molar-refractivity contribution is 6.33. The number of hydrogen-bond acceptors (Lipinski definition) is 3. The lowest BCUT2D eigenvalue weighted by Gasteiger charge is -2.11. The lowest BCUT2D eigenvalue weighted by molar-refractivity contribution is -0.120. The molecule has 1 aliphatic heterocycles. The molecule has 0 radical (unpaired) electrons. The number of ether oxygens (including phenoxy) is 1. The Hall–Kier alpha value is -1.66. The molecule has 1 saturated heterocycles. The van der Waals surface area contributed by atoms with Crippen LogP contribution in [0, 0.1) is 5.82 Å². The lowest BCUT2D eigenvalue weighted by Crippen LogP contribution is -2.38. The largest absolute Gasteiger partial charge is 0.378 e. The molecule has 1 aromatic rings. The van der Waals surface area contributed by atoms with Crippen molar-refractivity contribution in [3.63, 3.8) is 0 Å². The highest BCUT2D eigenvalue weighted by Gasteiger charge is 2.17. The minimum Gasteiger partial charge on any atom is -0.378 e. The van der Waals surface area contributed by atoms with Gasteiger partial charge in [-0.25, -0.2) is 4.39 Å². The van der Waals surface area contributed by atoms with Crippen molar-refractivity contribution in [1.29, 1.82) is 0 Å². The summed E-state index contributed by atoms with van der Waals surface area (Å²) in [4.78, 5) is 23.5. The van der Waals surface area contributed by atoms with Gasteiger partial charge >= 0.3 is 0 Å². The number of benzene rings is 1. The van der Waals surface area contributed by atoms with Gasteiger partial charge in [0.2, 0.25) is 5.91 Å². The molecule has 1 aromatic carbocycles. The van der Waals surface area contributed by atoms with Gasteiger partial charge in [-0.3, -0.25) is 9.59 Å². The first-order valence-electron chi connectivity index (χ1n) is 7.18. The first-order chi connectivity index (χ1) is 10.6. The normalized spacial score (nSPS) is 17.3. The van der Waals surface area contributed by atoms with Crippen LogP contribution in [0.25, 0.3) is 0 Å². The number of carbonyl (C=O) groups is 2. The predicted molar refractivity (Wildman–Crippen MR) is 80.3 cm³/mol. The number of rotatable bonds is 6. The van der Waals surface area contributed by atoms with E-state index in [4.69, 9.17) is 16.3 Å². The van der Waals surface area contributed by atoms with Crippen molar-refractivity contribution in [1.82, 2.24) is 10.6 Å². The fourth-order valence-corrected chi connectivity index (χ4v) is 2.52. The maximum Gasteiger partial charge on any atom is 0.256 e. The maximum atomic E-state index is 13.5. The van der Waals surface area contributed by atoms with Gasteiger partial charge in [-0.05, 0) is 31.4 Å². The standard InChI is InChI=1S/C15H18ClFN2O3/c16-11-4-1-5-12(17)14(11)15(21)19-9-13(20)18-7-6-10-3-2-8-22-10/h1,4-5,10H,2-3,6-9H2,(H,18,20)(H,19,21). The Morgan fingerprint density at radius 1 is 1.36 bits per heavy atom. The van der Waals surface area contributed by atoms with E-state index in [9.17, 15) is 14.0 Å². The number of amides is 2. The Labute approximate surface area is 133 Å². The average molecular weight is 329 g/mol. The van der Waals surface area contributed by atoms with Crippen LogP contribution in [0.1, 0.15) is 29.6 Å². The predicted octanol–water partition coefficient (Wildman–Crippen LogP) is 1.89. The van der Waals surface area contributed by atoms with E-state index in [2.05, 4.69) is 10.6 Å². The maximum absolute atomic E-state index is 13.5. The van der Waals surface area contributed by atoms with Crippen LogP contribution >= 0.6 is 11.6 Å². The fourth-order valence-electron chi connectivity index (χ4n) is 2.27. The van der Waals surface area contributed by atoms with Gasteiger partial charge in [0.15, 0.2) is 0 Å². The van der Waals surface area contributed by atoms with E-state index in [1.807, 2.05) is 0 Å². The third kappa shape index (κ3) is 4.68. The lowest BCUT2D eigenvalue weighted by atomic mass is 10.2. The fraction of sp³-hybridized carbons (Fsp3) is 0.467. The molecule has 0 bridgehead atoms. The molecule has 0 aromatic heterocycles. The molecular weight excluding hydrogens is 311 g/mol.